The molecule has 0 amide bonds. The average molecular weight is 463 g/mol. The summed E-state index contributed by atoms with van der Waals surface area (Å²) in [6.07, 6.45) is 0.728. The summed E-state index contributed by atoms with van der Waals surface area (Å²) in [4.78, 5) is 9.76. The van der Waals surface area contributed by atoms with E-state index in [1.807, 2.05) is 111 Å². The number of hydrogen-bond donors (Lipinski definition) is 2. The lowest BCUT2D eigenvalue weighted by Gasteiger charge is -2.12. The first-order valence-electron chi connectivity index (χ1n) is 11.8. The second kappa shape index (κ2) is 11.3. The van der Waals surface area contributed by atoms with Crippen LogP contribution in [0.3, 0.4) is 0 Å². The van der Waals surface area contributed by atoms with Gasteiger partial charge in [0, 0.05) is 35.3 Å². The molecule has 0 spiro atoms. The summed E-state index contributed by atoms with van der Waals surface area (Å²) in [6, 6.07) is 31.3. The third-order valence-corrected chi connectivity index (χ3v) is 5.94. The van der Waals surface area contributed by atoms with Gasteiger partial charge in [-0.3, -0.25) is 9.98 Å². The Morgan fingerprint density at radius 1 is 0.543 bits per heavy atom. The van der Waals surface area contributed by atoms with Crippen LogP contribution in [-0.4, -0.2) is 34.7 Å². The van der Waals surface area contributed by atoms with Crippen LogP contribution in [0, 0.1) is 13.8 Å². The molecular weight excluding hydrogens is 432 g/mol. The molecule has 2 N–H and O–H groups in total. The molecule has 35 heavy (non-hydrogen) atoms. The van der Waals surface area contributed by atoms with Gasteiger partial charge >= 0.3 is 0 Å². The number of para-hydroxylation sites is 2. The van der Waals surface area contributed by atoms with Crippen molar-refractivity contribution in [3.8, 4) is 11.5 Å². The van der Waals surface area contributed by atoms with E-state index >= 15 is 0 Å². The Kier molecular flexibility index (Phi) is 7.74. The predicted octanol–water partition coefficient (Wildman–Crippen LogP) is 6.48. The van der Waals surface area contributed by atoms with E-state index in [2.05, 4.69) is 0 Å². The number of nitrogens with zero attached hydrogens (tertiary/aromatic N) is 2. The second-order valence-corrected chi connectivity index (χ2v) is 8.49. The van der Waals surface area contributed by atoms with Crippen LogP contribution < -0.4 is 0 Å². The second-order valence-electron chi connectivity index (χ2n) is 8.49. The van der Waals surface area contributed by atoms with Crippen molar-refractivity contribution in [2.45, 2.75) is 20.3 Å². The number of phenols is 2. The zero-order valence-electron chi connectivity index (χ0n) is 20.1. The van der Waals surface area contributed by atoms with Crippen molar-refractivity contribution in [3.63, 3.8) is 0 Å². The Morgan fingerprint density at radius 3 is 1.34 bits per heavy atom. The van der Waals surface area contributed by atoms with E-state index in [0.29, 0.717) is 13.1 Å². The van der Waals surface area contributed by atoms with Crippen LogP contribution in [0.5, 0.6) is 11.5 Å². The van der Waals surface area contributed by atoms with E-state index in [1.54, 1.807) is 0 Å². The Labute approximate surface area is 207 Å². The smallest absolute Gasteiger partial charge is 0.127 e. The molecule has 4 aromatic carbocycles. The molecule has 0 unspecified atom stereocenters. The van der Waals surface area contributed by atoms with Crippen molar-refractivity contribution in [2.75, 3.05) is 13.1 Å². The number of benzene rings is 4. The van der Waals surface area contributed by atoms with E-state index < -0.39 is 0 Å². The summed E-state index contributed by atoms with van der Waals surface area (Å²) < 4.78 is 0. The number of aliphatic imine (C=N–C) groups is 2. The van der Waals surface area contributed by atoms with Gasteiger partial charge < -0.3 is 10.2 Å². The monoisotopic (exact) mass is 462 g/mol. The van der Waals surface area contributed by atoms with Crippen molar-refractivity contribution in [1.29, 1.82) is 0 Å². The molecule has 0 bridgehead atoms. The minimum Gasteiger partial charge on any atom is -0.507 e. The maximum atomic E-state index is 10.7. The normalized spacial score (nSPS) is 12.1. The third kappa shape index (κ3) is 5.67. The summed E-state index contributed by atoms with van der Waals surface area (Å²) in [6.45, 7) is 4.90. The van der Waals surface area contributed by atoms with Crippen LogP contribution in [-0.2, 0) is 0 Å². The topological polar surface area (TPSA) is 65.2 Å². The van der Waals surface area contributed by atoms with Gasteiger partial charge in [0.05, 0.1) is 11.4 Å². The average Bonchev–Trinajstić information content (AvgIpc) is 2.89. The van der Waals surface area contributed by atoms with Crippen LogP contribution in [0.25, 0.3) is 0 Å². The number of rotatable bonds is 8. The van der Waals surface area contributed by atoms with Gasteiger partial charge in [-0.2, -0.15) is 0 Å². The van der Waals surface area contributed by atoms with E-state index in [0.717, 1.165) is 51.2 Å². The van der Waals surface area contributed by atoms with E-state index in [9.17, 15) is 10.2 Å². The highest BCUT2D eigenvalue weighted by atomic mass is 16.3. The zero-order chi connectivity index (χ0) is 24.6. The fourth-order valence-corrected chi connectivity index (χ4v) is 4.01. The summed E-state index contributed by atoms with van der Waals surface area (Å²) in [5, 5.41) is 21.4. The summed E-state index contributed by atoms with van der Waals surface area (Å²) >= 11 is 0. The predicted molar refractivity (Wildman–Crippen MR) is 144 cm³/mol. The SMILES string of the molecule is Cc1cccc(C(=NCCCN=C(c2ccccc2)c2cccc(C)c2O)c2ccccc2)c1O. The van der Waals surface area contributed by atoms with Crippen LogP contribution in [0.4, 0.5) is 0 Å². The van der Waals surface area contributed by atoms with E-state index in [1.165, 1.54) is 0 Å². The highest BCUT2D eigenvalue weighted by Gasteiger charge is 2.14. The Morgan fingerprint density at radius 2 is 0.943 bits per heavy atom. The van der Waals surface area contributed by atoms with Gasteiger partial charge in [-0.1, -0.05) is 84.9 Å². The molecule has 0 saturated carbocycles. The first-order chi connectivity index (χ1) is 17.1. The van der Waals surface area contributed by atoms with Gasteiger partial charge in [0.2, 0.25) is 0 Å². The molecule has 4 nitrogen and oxygen atoms in total. The van der Waals surface area contributed by atoms with Crippen LogP contribution >= 0.6 is 0 Å². The summed E-state index contributed by atoms with van der Waals surface area (Å²) in [5.41, 5.74) is 6.58. The van der Waals surface area contributed by atoms with Crippen molar-refractivity contribution in [2.24, 2.45) is 9.98 Å². The zero-order valence-corrected chi connectivity index (χ0v) is 20.1. The minimum absolute atomic E-state index is 0.259. The number of hydrogen-bond acceptors (Lipinski definition) is 4. The molecule has 0 aliphatic heterocycles. The quantitative estimate of drug-likeness (QED) is 0.232. The van der Waals surface area contributed by atoms with Gasteiger partial charge in [-0.05, 0) is 43.5 Å². The van der Waals surface area contributed by atoms with Gasteiger partial charge in [0.1, 0.15) is 11.5 Å². The molecule has 0 saturated heterocycles. The van der Waals surface area contributed by atoms with Gasteiger partial charge in [0.15, 0.2) is 0 Å². The number of aromatic hydroxyl groups is 2. The maximum absolute atomic E-state index is 10.7. The molecule has 0 aliphatic rings. The van der Waals surface area contributed by atoms with Crippen molar-refractivity contribution < 1.29 is 10.2 Å². The van der Waals surface area contributed by atoms with Crippen LogP contribution in [0.2, 0.25) is 0 Å². The van der Waals surface area contributed by atoms with Crippen LogP contribution in [0.15, 0.2) is 107 Å². The molecule has 0 fully saturated rings. The maximum Gasteiger partial charge on any atom is 0.127 e. The van der Waals surface area contributed by atoms with Gasteiger partial charge in [-0.25, -0.2) is 0 Å². The number of phenolic OH excluding ortho intramolecular Hbond substituents is 2. The van der Waals surface area contributed by atoms with Gasteiger partial charge in [-0.15, -0.1) is 0 Å². The Hall–Kier alpha value is -4.18. The lowest BCUT2D eigenvalue weighted by atomic mass is 9.99. The van der Waals surface area contributed by atoms with Crippen molar-refractivity contribution >= 4 is 11.4 Å². The van der Waals surface area contributed by atoms with Crippen LogP contribution in [0.1, 0.15) is 39.8 Å². The van der Waals surface area contributed by atoms with Gasteiger partial charge in [0.25, 0.3) is 0 Å². The lowest BCUT2D eigenvalue weighted by Crippen LogP contribution is -2.07. The first-order valence-corrected chi connectivity index (χ1v) is 11.8. The minimum atomic E-state index is 0.259. The fraction of sp³-hybridized carbons (Fsp3) is 0.161. The number of aryl methyl sites for hydroxylation is 2. The molecular formula is C31H30N2O2. The van der Waals surface area contributed by atoms with Crippen molar-refractivity contribution in [3.05, 3.63) is 130 Å². The Bertz CT molecular complexity index is 1240. The molecule has 0 aliphatic carbocycles. The molecule has 4 heteroatoms. The summed E-state index contributed by atoms with van der Waals surface area (Å²) in [7, 11) is 0. The standard InChI is InChI=1S/C31H30N2O2/c1-22-12-9-18-26(30(22)34)28(24-14-5-3-6-15-24)32-20-11-21-33-29(25-16-7-4-8-17-25)27-19-10-13-23(2)31(27)35/h3-10,12-19,34-35H,11,20-21H2,1-2H3. The Balaban J connectivity index is 1.59. The molecule has 4 aromatic rings. The molecule has 4 rings (SSSR count). The van der Waals surface area contributed by atoms with E-state index in [4.69, 9.17) is 9.98 Å². The highest BCUT2D eigenvalue weighted by molar-refractivity contribution is 6.15. The molecule has 0 heterocycles. The van der Waals surface area contributed by atoms with Crippen molar-refractivity contribution in [1.82, 2.24) is 0 Å². The molecule has 0 atom stereocenters. The summed E-state index contributed by atoms with van der Waals surface area (Å²) in [5.74, 6) is 0.517. The molecule has 176 valence electrons. The molecule has 0 aromatic heterocycles. The fourth-order valence-electron chi connectivity index (χ4n) is 4.01. The first kappa shape index (κ1) is 24.0. The lowest BCUT2D eigenvalue weighted by molar-refractivity contribution is 0.469. The highest BCUT2D eigenvalue weighted by Crippen LogP contribution is 2.26. The largest absolute Gasteiger partial charge is 0.507 e. The molecule has 0 radical (unpaired) electrons. The third-order valence-electron chi connectivity index (χ3n) is 5.94. The van der Waals surface area contributed by atoms with E-state index in [-0.39, 0.29) is 11.5 Å².